The topological polar surface area (TPSA) is 130 Å². The number of pyridine rings is 1. The third-order valence-electron chi connectivity index (χ3n) is 7.08. The standard InChI is InChI=1S/C28H31FN6O4/c1-16-4-3-5-18(14-16)23(15-36)33-26(37)17(2)35-25(29)20-6-7-21(32-24(20)27(35)38)22-8-11-30-28(34-22)31-19-9-12-39-13-10-19/h3-8,11,14,17,19,23,25,36H,9-10,12-13,15H2,1-2H3,(H,33,37)(H,30,31,34)/t17?,23-,25?/m1/s1. The van der Waals surface area contributed by atoms with Crippen LogP contribution in [-0.4, -0.2) is 68.7 Å². The van der Waals surface area contributed by atoms with E-state index in [0.717, 1.165) is 23.3 Å². The van der Waals surface area contributed by atoms with E-state index in [9.17, 15) is 14.7 Å². The molecule has 39 heavy (non-hydrogen) atoms. The van der Waals surface area contributed by atoms with E-state index in [2.05, 4.69) is 25.6 Å². The molecule has 10 nitrogen and oxygen atoms in total. The van der Waals surface area contributed by atoms with Gasteiger partial charge in [0.1, 0.15) is 11.7 Å². The number of carbonyl (C=O) groups excluding carboxylic acids is 2. The van der Waals surface area contributed by atoms with Crippen molar-refractivity contribution in [3.63, 3.8) is 0 Å². The Balaban J connectivity index is 1.32. The van der Waals surface area contributed by atoms with Crippen molar-refractivity contribution in [3.8, 4) is 11.4 Å². The number of anilines is 1. The third-order valence-corrected chi connectivity index (χ3v) is 7.08. The molecule has 11 heteroatoms. The predicted molar refractivity (Wildman–Crippen MR) is 141 cm³/mol. The van der Waals surface area contributed by atoms with Crippen LogP contribution >= 0.6 is 0 Å². The second-order valence-electron chi connectivity index (χ2n) is 9.81. The van der Waals surface area contributed by atoms with E-state index in [1.54, 1.807) is 24.4 Å². The lowest BCUT2D eigenvalue weighted by Crippen LogP contribution is -2.47. The van der Waals surface area contributed by atoms with Crippen LogP contribution in [0.2, 0.25) is 0 Å². The van der Waals surface area contributed by atoms with Crippen LogP contribution in [0.15, 0.2) is 48.7 Å². The fourth-order valence-electron chi connectivity index (χ4n) is 4.86. The van der Waals surface area contributed by atoms with Gasteiger partial charge in [0, 0.05) is 31.0 Å². The van der Waals surface area contributed by atoms with E-state index in [-0.39, 0.29) is 23.9 Å². The van der Waals surface area contributed by atoms with E-state index in [4.69, 9.17) is 4.74 Å². The van der Waals surface area contributed by atoms with Crippen molar-refractivity contribution in [3.05, 3.63) is 71.0 Å². The molecule has 1 fully saturated rings. The van der Waals surface area contributed by atoms with E-state index in [1.165, 1.54) is 13.0 Å². The summed E-state index contributed by atoms with van der Waals surface area (Å²) in [4.78, 5) is 40.4. The molecule has 3 atom stereocenters. The number of ether oxygens (including phenoxy) is 1. The predicted octanol–water partition coefficient (Wildman–Crippen LogP) is 3.10. The smallest absolute Gasteiger partial charge is 0.276 e. The number of nitrogens with zero attached hydrogens (tertiary/aromatic N) is 4. The molecule has 0 saturated carbocycles. The normalized spacial score (nSPS) is 18.9. The van der Waals surface area contributed by atoms with Crippen LogP contribution in [0.4, 0.5) is 10.3 Å². The van der Waals surface area contributed by atoms with Gasteiger partial charge in [0.2, 0.25) is 18.2 Å². The van der Waals surface area contributed by atoms with Crippen molar-refractivity contribution >= 4 is 17.8 Å². The Morgan fingerprint density at radius 2 is 1.95 bits per heavy atom. The number of alkyl halides is 1. The zero-order valence-corrected chi connectivity index (χ0v) is 21.8. The number of hydrogen-bond acceptors (Lipinski definition) is 8. The molecule has 3 aromatic rings. The average molecular weight is 535 g/mol. The lowest BCUT2D eigenvalue weighted by molar-refractivity contribution is -0.128. The summed E-state index contributed by atoms with van der Waals surface area (Å²) >= 11 is 0. The van der Waals surface area contributed by atoms with E-state index < -0.39 is 30.2 Å². The summed E-state index contributed by atoms with van der Waals surface area (Å²) in [6.45, 7) is 4.37. The number of carbonyl (C=O) groups is 2. The largest absolute Gasteiger partial charge is 0.394 e. The van der Waals surface area contributed by atoms with Crippen LogP contribution in [-0.2, 0) is 9.53 Å². The van der Waals surface area contributed by atoms with Gasteiger partial charge >= 0.3 is 0 Å². The first-order chi connectivity index (χ1) is 18.9. The lowest BCUT2D eigenvalue weighted by atomic mass is 10.0. The molecule has 204 valence electrons. The molecule has 2 aliphatic heterocycles. The zero-order chi connectivity index (χ0) is 27.5. The minimum absolute atomic E-state index is 0.0606. The highest BCUT2D eigenvalue weighted by atomic mass is 19.1. The van der Waals surface area contributed by atoms with Gasteiger partial charge < -0.3 is 20.5 Å². The minimum atomic E-state index is -1.84. The van der Waals surface area contributed by atoms with Crippen LogP contribution in [0, 0.1) is 6.92 Å². The van der Waals surface area contributed by atoms with Gasteiger partial charge in [-0.25, -0.2) is 19.3 Å². The Labute approximate surface area is 225 Å². The van der Waals surface area contributed by atoms with Gasteiger partial charge in [-0.05, 0) is 50.5 Å². The number of amides is 2. The maximum atomic E-state index is 15.5. The molecular formula is C28H31FN6O4. The fraction of sp³-hybridized carbons (Fsp3) is 0.393. The summed E-state index contributed by atoms with van der Waals surface area (Å²) in [7, 11) is 0. The van der Waals surface area contributed by atoms with E-state index >= 15 is 4.39 Å². The molecule has 0 bridgehead atoms. The van der Waals surface area contributed by atoms with Crippen LogP contribution in [0.5, 0.6) is 0 Å². The number of rotatable bonds is 8. The van der Waals surface area contributed by atoms with Gasteiger partial charge in [0.05, 0.1) is 24.0 Å². The average Bonchev–Trinajstić information content (AvgIpc) is 3.20. The van der Waals surface area contributed by atoms with E-state index in [1.807, 2.05) is 25.1 Å². The molecule has 3 N–H and O–H groups in total. The maximum absolute atomic E-state index is 15.5. The molecule has 2 unspecified atom stereocenters. The summed E-state index contributed by atoms with van der Waals surface area (Å²) in [5.74, 6) is -0.831. The second-order valence-corrected chi connectivity index (χ2v) is 9.81. The van der Waals surface area contributed by atoms with Gasteiger partial charge in [-0.15, -0.1) is 0 Å². The number of fused-ring (bicyclic) bond motifs is 1. The van der Waals surface area contributed by atoms with Crippen LogP contribution < -0.4 is 10.6 Å². The summed E-state index contributed by atoms with van der Waals surface area (Å²) < 4.78 is 20.9. The lowest BCUT2D eigenvalue weighted by Gasteiger charge is -2.27. The van der Waals surface area contributed by atoms with Crippen molar-refractivity contribution in [2.75, 3.05) is 25.1 Å². The molecule has 0 radical (unpaired) electrons. The first kappa shape index (κ1) is 26.6. The summed E-state index contributed by atoms with van der Waals surface area (Å²) in [5, 5.41) is 15.9. The van der Waals surface area contributed by atoms with E-state index in [0.29, 0.717) is 36.1 Å². The second kappa shape index (κ2) is 11.4. The highest BCUT2D eigenvalue weighted by Crippen LogP contribution is 2.36. The molecule has 0 aliphatic carbocycles. The number of halogens is 1. The molecule has 4 heterocycles. The Kier molecular flexibility index (Phi) is 7.80. The first-order valence-electron chi connectivity index (χ1n) is 13.0. The maximum Gasteiger partial charge on any atom is 0.276 e. The van der Waals surface area contributed by atoms with Crippen molar-refractivity contribution in [2.24, 2.45) is 0 Å². The molecule has 2 aliphatic rings. The Morgan fingerprint density at radius 1 is 1.18 bits per heavy atom. The molecule has 2 amide bonds. The van der Waals surface area contributed by atoms with Gasteiger partial charge in [-0.2, -0.15) is 0 Å². The van der Waals surface area contributed by atoms with Gasteiger partial charge in [-0.1, -0.05) is 29.8 Å². The minimum Gasteiger partial charge on any atom is -0.394 e. The van der Waals surface area contributed by atoms with Crippen molar-refractivity contribution < 1.29 is 23.8 Å². The van der Waals surface area contributed by atoms with Crippen molar-refractivity contribution in [2.45, 2.75) is 51.1 Å². The summed E-state index contributed by atoms with van der Waals surface area (Å²) in [5.41, 5.74) is 2.60. The molecule has 1 saturated heterocycles. The highest BCUT2D eigenvalue weighted by molar-refractivity contribution is 6.00. The Bertz CT molecular complexity index is 1370. The van der Waals surface area contributed by atoms with Gasteiger partial charge in [0.25, 0.3) is 5.91 Å². The molecule has 2 aromatic heterocycles. The molecule has 5 rings (SSSR count). The highest BCUT2D eigenvalue weighted by Gasteiger charge is 2.43. The monoisotopic (exact) mass is 534 g/mol. The number of hydrogen-bond donors (Lipinski definition) is 3. The number of aliphatic hydroxyl groups excluding tert-OH is 1. The SMILES string of the molecule is Cc1cccc([C@@H](CO)NC(=O)C(C)N2C(=O)c3nc(-c4ccnc(NC5CCOCC5)n4)ccc3C2F)c1. The van der Waals surface area contributed by atoms with Crippen LogP contribution in [0.3, 0.4) is 0 Å². The molecular weight excluding hydrogens is 503 g/mol. The quantitative estimate of drug-likeness (QED) is 0.376. The first-order valence-corrected chi connectivity index (χ1v) is 13.0. The number of aryl methyl sites for hydroxylation is 1. The zero-order valence-electron chi connectivity index (χ0n) is 21.8. The summed E-state index contributed by atoms with van der Waals surface area (Å²) in [6, 6.07) is 10.5. The summed E-state index contributed by atoms with van der Waals surface area (Å²) in [6.07, 6.45) is 1.46. The van der Waals surface area contributed by atoms with Crippen LogP contribution in [0.1, 0.15) is 59.3 Å². The Morgan fingerprint density at radius 3 is 2.69 bits per heavy atom. The Hall–Kier alpha value is -3.96. The van der Waals surface area contributed by atoms with Gasteiger partial charge in [0.15, 0.2) is 0 Å². The fourth-order valence-corrected chi connectivity index (χ4v) is 4.86. The van der Waals surface area contributed by atoms with Gasteiger partial charge in [-0.3, -0.25) is 14.5 Å². The number of aliphatic hydroxyl groups is 1. The number of aromatic nitrogens is 3. The molecule has 0 spiro atoms. The number of nitrogens with one attached hydrogen (secondary N) is 2. The van der Waals surface area contributed by atoms with Crippen molar-refractivity contribution in [1.82, 2.24) is 25.2 Å². The van der Waals surface area contributed by atoms with Crippen molar-refractivity contribution in [1.29, 1.82) is 0 Å². The van der Waals surface area contributed by atoms with Crippen LogP contribution in [0.25, 0.3) is 11.4 Å². The molecule has 1 aromatic carbocycles. The third kappa shape index (κ3) is 5.59. The number of benzene rings is 1.